The van der Waals surface area contributed by atoms with E-state index in [1.807, 2.05) is 0 Å². The fourth-order valence-corrected chi connectivity index (χ4v) is 1.04. The standard InChI is InChI=1S/C8H18F2N2O2/c1-13-8(14-2)3-6(4-11)12-5-7(9)10/h6-8,12H,3-5,11H2,1-2H3. The molecule has 0 amide bonds. The molecule has 0 aromatic rings. The Hall–Kier alpha value is -0.300. The molecule has 0 spiro atoms. The van der Waals surface area contributed by atoms with Crippen molar-refractivity contribution in [2.75, 3.05) is 27.3 Å². The van der Waals surface area contributed by atoms with Crippen LogP contribution in [0.3, 0.4) is 0 Å². The third-order valence-electron chi connectivity index (χ3n) is 1.85. The van der Waals surface area contributed by atoms with Crippen LogP contribution in [0, 0.1) is 0 Å². The number of ether oxygens (including phenoxy) is 2. The van der Waals surface area contributed by atoms with E-state index in [1.54, 1.807) is 0 Å². The molecule has 0 aromatic heterocycles. The Balaban J connectivity index is 3.76. The van der Waals surface area contributed by atoms with E-state index in [2.05, 4.69) is 5.32 Å². The van der Waals surface area contributed by atoms with Gasteiger partial charge < -0.3 is 20.5 Å². The van der Waals surface area contributed by atoms with Gasteiger partial charge in [0.05, 0.1) is 6.54 Å². The molecule has 86 valence electrons. The van der Waals surface area contributed by atoms with E-state index in [9.17, 15) is 8.78 Å². The maximum absolute atomic E-state index is 11.9. The zero-order valence-electron chi connectivity index (χ0n) is 8.50. The van der Waals surface area contributed by atoms with Gasteiger partial charge in [-0.1, -0.05) is 0 Å². The minimum Gasteiger partial charge on any atom is -0.356 e. The monoisotopic (exact) mass is 212 g/mol. The SMILES string of the molecule is COC(CC(CN)NCC(F)F)OC. The highest BCUT2D eigenvalue weighted by atomic mass is 19.3. The topological polar surface area (TPSA) is 56.5 Å². The smallest absolute Gasteiger partial charge is 0.250 e. The third kappa shape index (κ3) is 6.20. The van der Waals surface area contributed by atoms with Crippen LogP contribution in [-0.2, 0) is 9.47 Å². The molecule has 0 aliphatic rings. The van der Waals surface area contributed by atoms with Crippen LogP contribution < -0.4 is 11.1 Å². The van der Waals surface area contributed by atoms with Crippen LogP contribution in [0.5, 0.6) is 0 Å². The van der Waals surface area contributed by atoms with Gasteiger partial charge >= 0.3 is 0 Å². The summed E-state index contributed by atoms with van der Waals surface area (Å²) in [7, 11) is 2.99. The van der Waals surface area contributed by atoms with Crippen molar-refractivity contribution in [3.05, 3.63) is 0 Å². The Bertz CT molecular complexity index is 135. The largest absolute Gasteiger partial charge is 0.356 e. The van der Waals surface area contributed by atoms with E-state index in [0.29, 0.717) is 6.42 Å². The second-order valence-electron chi connectivity index (χ2n) is 2.87. The fourth-order valence-electron chi connectivity index (χ4n) is 1.04. The van der Waals surface area contributed by atoms with Crippen LogP contribution in [0.15, 0.2) is 0 Å². The first kappa shape index (κ1) is 13.7. The van der Waals surface area contributed by atoms with Gasteiger partial charge in [0.2, 0.25) is 0 Å². The van der Waals surface area contributed by atoms with Crippen LogP contribution in [0.4, 0.5) is 8.78 Å². The highest BCUT2D eigenvalue weighted by Gasteiger charge is 2.15. The molecule has 0 bridgehead atoms. The van der Waals surface area contributed by atoms with Crippen molar-refractivity contribution >= 4 is 0 Å². The first-order chi connectivity index (χ1) is 6.63. The zero-order valence-corrected chi connectivity index (χ0v) is 8.50. The van der Waals surface area contributed by atoms with E-state index in [-0.39, 0.29) is 19.1 Å². The van der Waals surface area contributed by atoms with Crippen molar-refractivity contribution in [3.63, 3.8) is 0 Å². The van der Waals surface area contributed by atoms with Gasteiger partial charge in [-0.05, 0) is 0 Å². The minimum atomic E-state index is -2.37. The number of halogens is 2. The van der Waals surface area contributed by atoms with Gasteiger partial charge in [0.15, 0.2) is 6.29 Å². The molecule has 0 heterocycles. The molecule has 3 N–H and O–H groups in total. The first-order valence-corrected chi connectivity index (χ1v) is 4.41. The van der Waals surface area contributed by atoms with Crippen molar-refractivity contribution in [1.29, 1.82) is 0 Å². The van der Waals surface area contributed by atoms with E-state index >= 15 is 0 Å². The summed E-state index contributed by atoms with van der Waals surface area (Å²) in [6, 6.07) is -0.214. The van der Waals surface area contributed by atoms with Gasteiger partial charge in [-0.25, -0.2) is 8.78 Å². The number of hydrogen-bond donors (Lipinski definition) is 2. The van der Waals surface area contributed by atoms with Crippen LogP contribution >= 0.6 is 0 Å². The van der Waals surface area contributed by atoms with Crippen LogP contribution in [-0.4, -0.2) is 46.1 Å². The van der Waals surface area contributed by atoms with E-state index in [4.69, 9.17) is 15.2 Å². The predicted octanol–water partition coefficient (Wildman–Crippen LogP) is 0.177. The number of nitrogens with one attached hydrogen (secondary N) is 1. The third-order valence-corrected chi connectivity index (χ3v) is 1.85. The van der Waals surface area contributed by atoms with Crippen molar-refractivity contribution in [1.82, 2.24) is 5.32 Å². The average Bonchev–Trinajstić information content (AvgIpc) is 2.18. The maximum Gasteiger partial charge on any atom is 0.250 e. The average molecular weight is 212 g/mol. The van der Waals surface area contributed by atoms with Gasteiger partial charge in [-0.15, -0.1) is 0 Å². The lowest BCUT2D eigenvalue weighted by molar-refractivity contribution is -0.110. The predicted molar refractivity (Wildman–Crippen MR) is 49.3 cm³/mol. The summed E-state index contributed by atoms with van der Waals surface area (Å²) in [5.41, 5.74) is 5.40. The van der Waals surface area contributed by atoms with Crippen LogP contribution in [0.2, 0.25) is 0 Å². The lowest BCUT2D eigenvalue weighted by Gasteiger charge is -2.21. The Morgan fingerprint density at radius 1 is 1.29 bits per heavy atom. The van der Waals surface area contributed by atoms with Gasteiger partial charge in [0.1, 0.15) is 0 Å². The van der Waals surface area contributed by atoms with Crippen molar-refractivity contribution in [2.24, 2.45) is 5.73 Å². The highest BCUT2D eigenvalue weighted by molar-refractivity contribution is 4.69. The molecular formula is C8H18F2N2O2. The van der Waals surface area contributed by atoms with E-state index < -0.39 is 12.7 Å². The van der Waals surface area contributed by atoms with E-state index in [1.165, 1.54) is 14.2 Å². The molecule has 1 atom stereocenters. The Morgan fingerprint density at radius 3 is 2.21 bits per heavy atom. The van der Waals surface area contributed by atoms with Crippen molar-refractivity contribution in [2.45, 2.75) is 25.2 Å². The number of alkyl halides is 2. The molecule has 0 radical (unpaired) electrons. The molecule has 0 rings (SSSR count). The highest BCUT2D eigenvalue weighted by Crippen LogP contribution is 2.02. The fraction of sp³-hybridized carbons (Fsp3) is 1.00. The van der Waals surface area contributed by atoms with Crippen molar-refractivity contribution in [3.8, 4) is 0 Å². The number of methoxy groups -OCH3 is 2. The lowest BCUT2D eigenvalue weighted by Crippen LogP contribution is -2.41. The van der Waals surface area contributed by atoms with Crippen LogP contribution in [0.25, 0.3) is 0 Å². The summed E-state index contributed by atoms with van der Waals surface area (Å²) >= 11 is 0. The van der Waals surface area contributed by atoms with Gasteiger partial charge in [-0.2, -0.15) is 0 Å². The molecule has 4 nitrogen and oxygen atoms in total. The molecule has 0 saturated carbocycles. The van der Waals surface area contributed by atoms with Crippen LogP contribution in [0.1, 0.15) is 6.42 Å². The molecule has 0 saturated heterocycles. The van der Waals surface area contributed by atoms with E-state index in [0.717, 1.165) is 0 Å². The quantitative estimate of drug-likeness (QED) is 0.563. The summed E-state index contributed by atoms with van der Waals surface area (Å²) in [5.74, 6) is 0. The number of rotatable bonds is 8. The molecule has 14 heavy (non-hydrogen) atoms. The van der Waals surface area contributed by atoms with Gasteiger partial charge in [-0.3, -0.25) is 0 Å². The second-order valence-corrected chi connectivity index (χ2v) is 2.87. The normalized spacial score (nSPS) is 13.9. The molecular weight excluding hydrogens is 194 g/mol. The Labute approximate surface area is 82.7 Å². The Kier molecular flexibility index (Phi) is 7.87. The summed E-state index contributed by atoms with van der Waals surface area (Å²) in [5, 5.41) is 2.63. The molecule has 0 fully saturated rings. The first-order valence-electron chi connectivity index (χ1n) is 4.41. The molecule has 6 heteroatoms. The number of hydrogen-bond acceptors (Lipinski definition) is 4. The minimum absolute atomic E-state index is 0.214. The number of nitrogens with two attached hydrogens (primary N) is 1. The summed E-state index contributed by atoms with van der Waals surface area (Å²) in [6.07, 6.45) is -2.32. The Morgan fingerprint density at radius 2 is 1.86 bits per heavy atom. The van der Waals surface area contributed by atoms with Gasteiger partial charge in [0.25, 0.3) is 6.43 Å². The molecule has 0 aliphatic carbocycles. The van der Waals surface area contributed by atoms with Crippen molar-refractivity contribution < 1.29 is 18.3 Å². The maximum atomic E-state index is 11.9. The van der Waals surface area contributed by atoms with Gasteiger partial charge in [0, 0.05) is 33.2 Å². The zero-order chi connectivity index (χ0) is 11.0. The summed E-state index contributed by atoms with van der Waals surface area (Å²) in [6.45, 7) is -0.0854. The molecule has 0 aliphatic heterocycles. The lowest BCUT2D eigenvalue weighted by atomic mass is 10.2. The molecule has 1 unspecified atom stereocenters. The second kappa shape index (κ2) is 8.05. The summed E-state index contributed by atoms with van der Waals surface area (Å²) < 4.78 is 33.6. The summed E-state index contributed by atoms with van der Waals surface area (Å²) in [4.78, 5) is 0. The molecule has 0 aromatic carbocycles.